The van der Waals surface area contributed by atoms with Gasteiger partial charge in [-0.2, -0.15) is 0 Å². The average Bonchev–Trinajstić information content (AvgIpc) is 3.38. The molecule has 44 heavy (non-hydrogen) atoms. The molecule has 244 valence electrons. The van der Waals surface area contributed by atoms with Crippen molar-refractivity contribution >= 4 is 12.0 Å². The van der Waals surface area contributed by atoms with Gasteiger partial charge in [-0.15, -0.1) is 0 Å². The zero-order chi connectivity index (χ0) is 31.4. The summed E-state index contributed by atoms with van der Waals surface area (Å²) in [5, 5.41) is 11.0. The summed E-state index contributed by atoms with van der Waals surface area (Å²) in [6.45, 7) is 16.1. The van der Waals surface area contributed by atoms with Gasteiger partial charge < -0.3 is 14.6 Å². The molecule has 4 heteroatoms. The van der Waals surface area contributed by atoms with E-state index in [1.165, 1.54) is 64.2 Å². The fraction of sp³-hybridized carbons (Fsp3) is 0.775. The first kappa shape index (κ1) is 32.3. The summed E-state index contributed by atoms with van der Waals surface area (Å²) in [7, 11) is 0. The van der Waals surface area contributed by atoms with E-state index in [1.807, 2.05) is 30.4 Å². The Morgan fingerprint density at radius 2 is 1.66 bits per heavy atom. The lowest BCUT2D eigenvalue weighted by atomic mass is 9.32. The lowest BCUT2D eigenvalue weighted by Crippen LogP contribution is -2.66. The van der Waals surface area contributed by atoms with Gasteiger partial charge in [0.15, 0.2) is 0 Å². The second-order valence-electron chi connectivity index (χ2n) is 17.1. The Morgan fingerprint density at radius 1 is 0.886 bits per heavy atom. The van der Waals surface area contributed by atoms with Gasteiger partial charge in [0.1, 0.15) is 6.61 Å². The molecule has 0 amide bonds. The van der Waals surface area contributed by atoms with Crippen LogP contribution in [0, 0.1) is 56.7 Å². The van der Waals surface area contributed by atoms with Gasteiger partial charge in [-0.3, -0.25) is 0 Å². The van der Waals surface area contributed by atoms with E-state index >= 15 is 0 Å². The molecule has 5 aliphatic carbocycles. The van der Waals surface area contributed by atoms with Crippen LogP contribution in [0.3, 0.4) is 0 Å². The first-order valence-electron chi connectivity index (χ1n) is 18.0. The Morgan fingerprint density at radius 3 is 2.41 bits per heavy atom. The smallest absolute Gasteiger partial charge is 0.332 e. The fourth-order valence-corrected chi connectivity index (χ4v) is 12.8. The van der Waals surface area contributed by atoms with Crippen molar-refractivity contribution in [3.63, 3.8) is 0 Å². The predicted molar refractivity (Wildman–Crippen MR) is 178 cm³/mol. The highest BCUT2D eigenvalue weighted by molar-refractivity contribution is 5.70. The summed E-state index contributed by atoms with van der Waals surface area (Å²) in [5.74, 6) is 3.18. The van der Waals surface area contributed by atoms with Crippen LogP contribution in [0.2, 0.25) is 0 Å². The number of fused-ring (bicyclic) bond motifs is 7. The zero-order valence-corrected chi connectivity index (χ0v) is 28.6. The Labute approximate surface area is 267 Å². The van der Waals surface area contributed by atoms with Crippen LogP contribution in [-0.4, -0.2) is 37.0 Å². The van der Waals surface area contributed by atoms with Gasteiger partial charge in [0.05, 0.1) is 19.3 Å². The lowest BCUT2D eigenvalue weighted by molar-refractivity contribution is -0.250. The Balaban J connectivity index is 1.15. The number of esters is 1. The molecule has 5 unspecified atom stereocenters. The largest absolute Gasteiger partial charge is 0.463 e. The standard InChI is InChI=1S/C40H60O4/c1-7-29-17-22-40(27-44-34(42)26-43-25-11-14-28-12-9-8-10-13-28)24-23-38(5)30(35(29)40)15-16-32-37(4)20-19-33(41)36(2,3)31(37)18-21-39(32,38)6/h8-14,29-33,35,41H,7,15-27H2,1-6H3/b14-11+/t29?,30?,31?,32?,33-,35?,37-,38+,39+,40-/m0/s1. The monoisotopic (exact) mass is 604 g/mol. The lowest BCUT2D eigenvalue weighted by Gasteiger charge is -2.73. The fourth-order valence-electron chi connectivity index (χ4n) is 12.8. The summed E-state index contributed by atoms with van der Waals surface area (Å²) in [5.41, 5.74) is 2.20. The number of benzene rings is 1. The quantitative estimate of drug-likeness (QED) is 0.238. The molecular formula is C40H60O4. The third-order valence-corrected chi connectivity index (χ3v) is 15.3. The van der Waals surface area contributed by atoms with Crippen LogP contribution in [0.25, 0.3) is 6.08 Å². The minimum Gasteiger partial charge on any atom is -0.463 e. The maximum Gasteiger partial charge on any atom is 0.332 e. The van der Waals surface area contributed by atoms with E-state index in [0.717, 1.165) is 23.8 Å². The summed E-state index contributed by atoms with van der Waals surface area (Å²) in [6.07, 6.45) is 17.3. The summed E-state index contributed by atoms with van der Waals surface area (Å²) in [4.78, 5) is 12.9. The number of ether oxygens (including phenoxy) is 2. The normalized spacial score (nSPS) is 44.3. The van der Waals surface area contributed by atoms with E-state index in [-0.39, 0.29) is 29.5 Å². The summed E-state index contributed by atoms with van der Waals surface area (Å²) < 4.78 is 11.8. The van der Waals surface area contributed by atoms with E-state index in [4.69, 9.17) is 9.47 Å². The molecule has 10 atom stereocenters. The molecular weight excluding hydrogens is 544 g/mol. The molecule has 0 spiro atoms. The van der Waals surface area contributed by atoms with Crippen molar-refractivity contribution in [2.45, 2.75) is 118 Å². The number of aliphatic hydroxyl groups is 1. The second kappa shape index (κ2) is 11.9. The van der Waals surface area contributed by atoms with E-state index < -0.39 is 0 Å². The van der Waals surface area contributed by atoms with Gasteiger partial charge in [-0.05, 0) is 121 Å². The summed E-state index contributed by atoms with van der Waals surface area (Å²) in [6, 6.07) is 10.2. The van der Waals surface area contributed by atoms with Crippen molar-refractivity contribution in [1.29, 1.82) is 0 Å². The predicted octanol–water partition coefficient (Wildman–Crippen LogP) is 9.11. The molecule has 5 saturated carbocycles. The third kappa shape index (κ3) is 5.04. The maximum atomic E-state index is 12.9. The highest BCUT2D eigenvalue weighted by Gasteiger charge is 2.70. The number of aliphatic hydroxyl groups excluding tert-OH is 1. The Hall–Kier alpha value is -1.65. The minimum absolute atomic E-state index is 0.00165. The molecule has 0 aromatic heterocycles. The van der Waals surface area contributed by atoms with Gasteiger partial charge in [0.2, 0.25) is 0 Å². The van der Waals surface area contributed by atoms with Crippen LogP contribution in [-0.2, 0) is 14.3 Å². The molecule has 0 heterocycles. The molecule has 1 aromatic carbocycles. The van der Waals surface area contributed by atoms with Crippen molar-refractivity contribution in [3.8, 4) is 0 Å². The number of hydrogen-bond donors (Lipinski definition) is 1. The van der Waals surface area contributed by atoms with Crippen LogP contribution in [0.5, 0.6) is 0 Å². The average molecular weight is 605 g/mol. The topological polar surface area (TPSA) is 55.8 Å². The number of carbonyl (C=O) groups excluding carboxylic acids is 1. The van der Waals surface area contributed by atoms with Gasteiger partial charge in [-0.25, -0.2) is 4.79 Å². The summed E-state index contributed by atoms with van der Waals surface area (Å²) >= 11 is 0. The minimum atomic E-state index is -0.219. The van der Waals surface area contributed by atoms with Crippen LogP contribution < -0.4 is 0 Å². The molecule has 0 bridgehead atoms. The van der Waals surface area contributed by atoms with Crippen molar-refractivity contribution in [2.75, 3.05) is 19.8 Å². The van der Waals surface area contributed by atoms with Gasteiger partial charge in [0.25, 0.3) is 0 Å². The van der Waals surface area contributed by atoms with Crippen LogP contribution in [0.1, 0.15) is 118 Å². The van der Waals surface area contributed by atoms with Crippen molar-refractivity contribution in [3.05, 3.63) is 42.0 Å². The van der Waals surface area contributed by atoms with E-state index in [1.54, 1.807) is 0 Å². The first-order chi connectivity index (χ1) is 20.9. The Bertz CT molecular complexity index is 1210. The molecule has 5 aliphatic rings. The maximum absolute atomic E-state index is 12.9. The zero-order valence-electron chi connectivity index (χ0n) is 28.6. The van der Waals surface area contributed by atoms with Crippen LogP contribution in [0.4, 0.5) is 0 Å². The highest BCUT2D eigenvalue weighted by atomic mass is 16.6. The first-order valence-corrected chi connectivity index (χ1v) is 18.0. The number of hydrogen-bond acceptors (Lipinski definition) is 4. The van der Waals surface area contributed by atoms with Crippen LogP contribution in [0.15, 0.2) is 36.4 Å². The van der Waals surface area contributed by atoms with Gasteiger partial charge in [0, 0.05) is 5.41 Å². The molecule has 1 N–H and O–H groups in total. The third-order valence-electron chi connectivity index (χ3n) is 15.3. The number of carbonyl (C=O) groups is 1. The van der Waals surface area contributed by atoms with Crippen molar-refractivity contribution in [1.82, 2.24) is 0 Å². The highest BCUT2D eigenvalue weighted by Crippen LogP contribution is 2.77. The van der Waals surface area contributed by atoms with Gasteiger partial charge in [-0.1, -0.05) is 90.4 Å². The second-order valence-corrected chi connectivity index (χ2v) is 17.1. The van der Waals surface area contributed by atoms with Gasteiger partial charge >= 0.3 is 5.97 Å². The molecule has 5 fully saturated rings. The molecule has 0 radical (unpaired) electrons. The molecule has 6 rings (SSSR count). The Kier molecular flexibility index (Phi) is 8.70. The molecule has 4 nitrogen and oxygen atoms in total. The molecule has 0 aliphatic heterocycles. The van der Waals surface area contributed by atoms with Crippen LogP contribution >= 0.6 is 0 Å². The van der Waals surface area contributed by atoms with Crippen molar-refractivity contribution in [2.24, 2.45) is 56.7 Å². The van der Waals surface area contributed by atoms with E-state index in [2.05, 4.69) is 53.7 Å². The van der Waals surface area contributed by atoms with E-state index in [9.17, 15) is 9.90 Å². The molecule has 1 aromatic rings. The molecule has 0 saturated heterocycles. The number of rotatable bonds is 8. The van der Waals surface area contributed by atoms with Crippen molar-refractivity contribution < 1.29 is 19.4 Å². The van der Waals surface area contributed by atoms with E-state index in [0.29, 0.717) is 47.2 Å². The SMILES string of the molecule is CCC1CC[C@@]2(COC(=O)COC/C=C/c3ccccc3)CC[C@]3(C)C(CCC4[C@@]5(C)CC[C@H](O)C(C)(C)C5CC[C@]43C)C12.